The fraction of sp³-hybridized carbons (Fsp3) is 0.682. The molecule has 29 heavy (non-hydrogen) atoms. The monoisotopic (exact) mass is 422 g/mol. The minimum Gasteiger partial charge on any atom is -0.375 e. The molecule has 1 aromatic rings. The molecule has 1 aromatic carbocycles. The summed E-state index contributed by atoms with van der Waals surface area (Å²) in [7, 11) is -3.30. The summed E-state index contributed by atoms with van der Waals surface area (Å²) in [4.78, 5) is 13.7. The molecule has 2 fully saturated rings. The molecular formula is C22H34N2O4S. The van der Waals surface area contributed by atoms with E-state index in [2.05, 4.69) is 10.2 Å². The van der Waals surface area contributed by atoms with Crippen LogP contribution < -0.4 is 5.32 Å². The van der Waals surface area contributed by atoms with Crippen LogP contribution in [0.3, 0.4) is 0 Å². The number of nitrogens with zero attached hydrogens (tertiary/aromatic N) is 1. The number of likely N-dealkylation sites (tertiary alicyclic amines) is 1. The molecule has 7 heteroatoms. The Morgan fingerprint density at radius 2 is 1.66 bits per heavy atom. The molecule has 1 amide bonds. The lowest BCUT2D eigenvalue weighted by atomic mass is 9.97. The molecule has 1 aliphatic heterocycles. The van der Waals surface area contributed by atoms with Gasteiger partial charge in [0.15, 0.2) is 9.84 Å². The van der Waals surface area contributed by atoms with Crippen molar-refractivity contribution >= 4 is 21.4 Å². The van der Waals surface area contributed by atoms with Gasteiger partial charge in [-0.1, -0.05) is 19.3 Å². The van der Waals surface area contributed by atoms with E-state index in [-0.39, 0.29) is 11.7 Å². The van der Waals surface area contributed by atoms with Gasteiger partial charge < -0.3 is 15.0 Å². The fourth-order valence-electron chi connectivity index (χ4n) is 4.29. The molecule has 2 aliphatic rings. The Labute approximate surface area is 174 Å². The molecule has 1 aliphatic carbocycles. The van der Waals surface area contributed by atoms with Gasteiger partial charge in [0, 0.05) is 25.7 Å². The number of carbonyl (C=O) groups is 1. The first-order valence-electron chi connectivity index (χ1n) is 10.9. The van der Waals surface area contributed by atoms with Crippen LogP contribution in [0.15, 0.2) is 29.2 Å². The highest BCUT2D eigenvalue weighted by molar-refractivity contribution is 7.91. The Morgan fingerprint density at radius 1 is 1.03 bits per heavy atom. The van der Waals surface area contributed by atoms with Gasteiger partial charge in [-0.2, -0.15) is 0 Å². The average molecular weight is 423 g/mol. The third-order valence-electron chi connectivity index (χ3n) is 5.89. The van der Waals surface area contributed by atoms with Crippen LogP contribution in [0.2, 0.25) is 0 Å². The van der Waals surface area contributed by atoms with Gasteiger partial charge in [-0.15, -0.1) is 0 Å². The van der Waals surface area contributed by atoms with Crippen LogP contribution in [0.5, 0.6) is 0 Å². The lowest BCUT2D eigenvalue weighted by Crippen LogP contribution is -2.39. The van der Waals surface area contributed by atoms with Crippen LogP contribution in [0.4, 0.5) is 5.69 Å². The van der Waals surface area contributed by atoms with Crippen molar-refractivity contribution < 1.29 is 17.9 Å². The Bertz CT molecular complexity index is 750. The van der Waals surface area contributed by atoms with E-state index in [1.165, 1.54) is 39.0 Å². The zero-order valence-corrected chi connectivity index (χ0v) is 18.3. The van der Waals surface area contributed by atoms with Gasteiger partial charge in [-0.3, -0.25) is 4.79 Å². The third kappa shape index (κ3) is 7.08. The average Bonchev–Trinajstić information content (AvgIpc) is 2.70. The highest BCUT2D eigenvalue weighted by atomic mass is 32.2. The molecule has 0 aromatic heterocycles. The van der Waals surface area contributed by atoms with E-state index in [4.69, 9.17) is 4.74 Å². The summed E-state index contributed by atoms with van der Waals surface area (Å²) >= 11 is 0. The van der Waals surface area contributed by atoms with Crippen LogP contribution in [-0.2, 0) is 19.4 Å². The van der Waals surface area contributed by atoms with Crippen LogP contribution in [-0.4, -0.2) is 56.8 Å². The van der Waals surface area contributed by atoms with E-state index in [1.807, 2.05) is 0 Å². The molecule has 0 unspecified atom stereocenters. The topological polar surface area (TPSA) is 75.7 Å². The van der Waals surface area contributed by atoms with E-state index >= 15 is 0 Å². The quantitative estimate of drug-likeness (QED) is 0.692. The molecule has 0 radical (unpaired) electrons. The predicted octanol–water partition coefficient (Wildman–Crippen LogP) is 3.62. The SMILES string of the molecule is CC(=O)Nc1ccc(S(=O)(=O)CCCN2CCC(OC3CCCCC3)CC2)cc1. The van der Waals surface area contributed by atoms with Crippen molar-refractivity contribution in [3.63, 3.8) is 0 Å². The maximum absolute atomic E-state index is 12.6. The van der Waals surface area contributed by atoms with E-state index in [0.717, 1.165) is 32.5 Å². The summed E-state index contributed by atoms with van der Waals surface area (Å²) in [5, 5.41) is 2.65. The Hall–Kier alpha value is -1.44. The summed E-state index contributed by atoms with van der Waals surface area (Å²) in [5.41, 5.74) is 0.606. The highest BCUT2D eigenvalue weighted by Crippen LogP contribution is 2.25. The molecule has 1 N–H and O–H groups in total. The van der Waals surface area contributed by atoms with Gasteiger partial charge in [-0.05, 0) is 62.9 Å². The lowest BCUT2D eigenvalue weighted by molar-refractivity contribution is -0.114. The first kappa shape index (κ1) is 22.2. The maximum atomic E-state index is 12.6. The molecule has 0 spiro atoms. The van der Waals surface area contributed by atoms with Crippen LogP contribution in [0.25, 0.3) is 0 Å². The summed E-state index contributed by atoms with van der Waals surface area (Å²) in [6.07, 6.45) is 9.93. The van der Waals surface area contributed by atoms with Crippen LogP contribution in [0.1, 0.15) is 58.3 Å². The summed E-state index contributed by atoms with van der Waals surface area (Å²) < 4.78 is 31.4. The Balaban J connectivity index is 1.37. The van der Waals surface area contributed by atoms with Crippen molar-refractivity contribution in [3.8, 4) is 0 Å². The third-order valence-corrected chi connectivity index (χ3v) is 7.71. The number of piperidine rings is 1. The minimum absolute atomic E-state index is 0.144. The summed E-state index contributed by atoms with van der Waals surface area (Å²) in [6.45, 7) is 4.21. The maximum Gasteiger partial charge on any atom is 0.221 e. The molecule has 1 saturated heterocycles. The first-order valence-corrected chi connectivity index (χ1v) is 12.6. The lowest BCUT2D eigenvalue weighted by Gasteiger charge is -2.34. The molecule has 0 atom stereocenters. The van der Waals surface area contributed by atoms with Gasteiger partial charge in [0.1, 0.15) is 0 Å². The van der Waals surface area contributed by atoms with Crippen molar-refractivity contribution in [2.24, 2.45) is 0 Å². The van der Waals surface area contributed by atoms with E-state index < -0.39 is 9.84 Å². The highest BCUT2D eigenvalue weighted by Gasteiger charge is 2.24. The van der Waals surface area contributed by atoms with Gasteiger partial charge >= 0.3 is 0 Å². The number of sulfone groups is 1. The second-order valence-electron chi connectivity index (χ2n) is 8.32. The number of ether oxygens (including phenoxy) is 1. The number of hydrogen-bond acceptors (Lipinski definition) is 5. The van der Waals surface area contributed by atoms with Crippen molar-refractivity contribution in [2.45, 2.75) is 75.4 Å². The van der Waals surface area contributed by atoms with Crippen molar-refractivity contribution in [1.29, 1.82) is 0 Å². The normalized spacial score (nSPS) is 19.9. The molecule has 1 saturated carbocycles. The second kappa shape index (κ2) is 10.5. The van der Waals surface area contributed by atoms with E-state index in [9.17, 15) is 13.2 Å². The molecule has 3 rings (SSSR count). The number of carbonyl (C=O) groups excluding carboxylic acids is 1. The van der Waals surface area contributed by atoms with E-state index in [0.29, 0.717) is 29.2 Å². The summed E-state index contributed by atoms with van der Waals surface area (Å²) in [6, 6.07) is 6.39. The molecule has 6 nitrogen and oxygen atoms in total. The standard InChI is InChI=1S/C22H34N2O4S/c1-18(25)23-19-8-10-22(11-9-19)29(26,27)17-5-14-24-15-12-21(13-16-24)28-20-6-3-2-4-7-20/h8-11,20-21H,2-7,12-17H2,1H3,(H,23,25). The van der Waals surface area contributed by atoms with Crippen molar-refractivity contribution in [3.05, 3.63) is 24.3 Å². The second-order valence-corrected chi connectivity index (χ2v) is 10.4. The Morgan fingerprint density at radius 3 is 2.28 bits per heavy atom. The number of amides is 1. The number of anilines is 1. The fourth-order valence-corrected chi connectivity index (χ4v) is 5.58. The molecular weight excluding hydrogens is 388 g/mol. The van der Waals surface area contributed by atoms with Crippen LogP contribution >= 0.6 is 0 Å². The van der Waals surface area contributed by atoms with Gasteiger partial charge in [0.2, 0.25) is 5.91 Å². The Kier molecular flexibility index (Phi) is 8.09. The number of rotatable bonds is 8. The van der Waals surface area contributed by atoms with Crippen molar-refractivity contribution in [1.82, 2.24) is 4.90 Å². The number of benzene rings is 1. The smallest absolute Gasteiger partial charge is 0.221 e. The first-order chi connectivity index (χ1) is 13.9. The zero-order chi connectivity index (χ0) is 20.7. The summed E-state index contributed by atoms with van der Waals surface area (Å²) in [5.74, 6) is -0.0288. The zero-order valence-electron chi connectivity index (χ0n) is 17.4. The molecule has 162 valence electrons. The number of hydrogen-bond donors (Lipinski definition) is 1. The van der Waals surface area contributed by atoms with Gasteiger partial charge in [0.25, 0.3) is 0 Å². The largest absolute Gasteiger partial charge is 0.375 e. The van der Waals surface area contributed by atoms with E-state index in [1.54, 1.807) is 24.3 Å². The van der Waals surface area contributed by atoms with Gasteiger partial charge in [-0.25, -0.2) is 8.42 Å². The van der Waals surface area contributed by atoms with Gasteiger partial charge in [0.05, 0.1) is 22.9 Å². The predicted molar refractivity (Wildman–Crippen MR) is 115 cm³/mol. The molecule has 1 heterocycles. The molecule has 0 bridgehead atoms. The van der Waals surface area contributed by atoms with Crippen molar-refractivity contribution in [2.75, 3.05) is 30.7 Å². The van der Waals surface area contributed by atoms with Crippen LogP contribution in [0, 0.1) is 0 Å². The number of nitrogens with one attached hydrogen (secondary N) is 1. The minimum atomic E-state index is -3.30.